The smallest absolute Gasteiger partial charge is 0.0863 e. The maximum Gasteiger partial charge on any atom is 0.0863 e. The van der Waals surface area contributed by atoms with Crippen molar-refractivity contribution in [1.82, 2.24) is 0 Å². The van der Waals surface area contributed by atoms with Gasteiger partial charge in [0.1, 0.15) is 0 Å². The Hall–Kier alpha value is 1.38. The summed E-state index contributed by atoms with van der Waals surface area (Å²) in [5.41, 5.74) is 2.29. The molecule has 80 valence electrons. The number of thiophene rings is 2. The number of hydrogen-bond acceptors (Lipinski definition) is 2. The van der Waals surface area contributed by atoms with E-state index in [1.807, 2.05) is 0 Å². The Morgan fingerprint density at radius 3 is 2.53 bits per heavy atom. The van der Waals surface area contributed by atoms with Gasteiger partial charge in [0.2, 0.25) is 0 Å². The second-order valence-corrected chi connectivity index (χ2v) is 9.82. The van der Waals surface area contributed by atoms with E-state index in [1.54, 1.807) is 22.7 Å². The van der Waals surface area contributed by atoms with E-state index >= 15 is 0 Å². The van der Waals surface area contributed by atoms with Gasteiger partial charge >= 0.3 is 0 Å². The lowest BCUT2D eigenvalue weighted by Gasteiger charge is -2.05. The summed E-state index contributed by atoms with van der Waals surface area (Å²) in [5.74, 6) is 0. The minimum atomic E-state index is -0.0679. The van der Waals surface area contributed by atoms with Crippen molar-refractivity contribution in [3.63, 3.8) is 0 Å². The van der Waals surface area contributed by atoms with E-state index in [0.29, 0.717) is 0 Å². The number of hydrogen-bond donors (Lipinski definition) is 0. The van der Waals surface area contributed by atoms with Crippen molar-refractivity contribution in [2.75, 3.05) is 0 Å². The van der Waals surface area contributed by atoms with Crippen molar-refractivity contribution in [2.24, 2.45) is 0 Å². The normalized spacial score (nSPS) is 13.1. The molecule has 1 atom stereocenters. The largest absolute Gasteiger partial charge is 0.137 e. The Bertz CT molecular complexity index is 480. The first-order valence-electron chi connectivity index (χ1n) is 3.90. The van der Waals surface area contributed by atoms with Gasteiger partial charge in [-0.15, -0.1) is 34.3 Å². The Morgan fingerprint density at radius 1 is 1.33 bits per heavy atom. The SMILES string of the molecule is ClC(c1csc(I)c1)c1cc(Br)sc1Br. The maximum atomic E-state index is 6.42. The van der Waals surface area contributed by atoms with Gasteiger partial charge in [0.05, 0.1) is 15.8 Å². The molecule has 15 heavy (non-hydrogen) atoms. The topological polar surface area (TPSA) is 0 Å². The van der Waals surface area contributed by atoms with Crippen LogP contribution in [0.4, 0.5) is 0 Å². The molecule has 0 aliphatic carbocycles. The summed E-state index contributed by atoms with van der Waals surface area (Å²) in [5, 5.41) is 2.04. The Labute approximate surface area is 131 Å². The zero-order valence-electron chi connectivity index (χ0n) is 7.14. The van der Waals surface area contributed by atoms with Crippen molar-refractivity contribution in [3.05, 3.63) is 39.1 Å². The third-order valence-corrected chi connectivity index (χ3v) is 6.52. The molecule has 0 radical (unpaired) electrons. The molecule has 2 aromatic heterocycles. The van der Waals surface area contributed by atoms with Crippen LogP contribution >= 0.6 is 88.7 Å². The summed E-state index contributed by atoms with van der Waals surface area (Å²) in [6.45, 7) is 0. The molecule has 0 bridgehead atoms. The van der Waals surface area contributed by atoms with Crippen LogP contribution in [0.25, 0.3) is 0 Å². The summed E-state index contributed by atoms with van der Waals surface area (Å²) < 4.78 is 3.45. The molecular weight excluding hydrogens is 494 g/mol. The van der Waals surface area contributed by atoms with Crippen LogP contribution in [0.1, 0.15) is 16.5 Å². The van der Waals surface area contributed by atoms with Gasteiger partial charge in [0.25, 0.3) is 0 Å². The molecular formula is C9H4Br2ClIS2. The number of halogens is 4. The van der Waals surface area contributed by atoms with E-state index in [4.69, 9.17) is 11.6 Å². The highest BCUT2D eigenvalue weighted by Crippen LogP contribution is 2.41. The summed E-state index contributed by atoms with van der Waals surface area (Å²) in [7, 11) is 0. The highest BCUT2D eigenvalue weighted by Gasteiger charge is 2.17. The lowest BCUT2D eigenvalue weighted by atomic mass is 10.1. The minimum Gasteiger partial charge on any atom is -0.137 e. The zero-order chi connectivity index (χ0) is 11.0. The molecule has 2 heterocycles. The summed E-state index contributed by atoms with van der Waals surface area (Å²) in [6.07, 6.45) is 0. The van der Waals surface area contributed by atoms with Gasteiger partial charge in [0.15, 0.2) is 0 Å². The summed E-state index contributed by atoms with van der Waals surface area (Å²) in [4.78, 5) is 0. The monoisotopic (exact) mass is 496 g/mol. The molecule has 0 aromatic carbocycles. The average Bonchev–Trinajstić information content (AvgIpc) is 2.71. The van der Waals surface area contributed by atoms with Gasteiger partial charge in [-0.2, -0.15) is 0 Å². The van der Waals surface area contributed by atoms with Crippen LogP contribution in [-0.4, -0.2) is 0 Å². The third-order valence-electron chi connectivity index (χ3n) is 1.84. The van der Waals surface area contributed by atoms with Crippen molar-refractivity contribution < 1.29 is 0 Å². The minimum absolute atomic E-state index is 0.0679. The Morgan fingerprint density at radius 2 is 2.07 bits per heavy atom. The molecule has 0 amide bonds. The van der Waals surface area contributed by atoms with Crippen LogP contribution in [0.5, 0.6) is 0 Å². The lowest BCUT2D eigenvalue weighted by molar-refractivity contribution is 1.16. The number of alkyl halides is 1. The van der Waals surface area contributed by atoms with Crippen LogP contribution in [0, 0.1) is 2.88 Å². The molecule has 0 fully saturated rings. The molecule has 0 N–H and O–H groups in total. The first-order chi connectivity index (χ1) is 7.08. The Kier molecular flexibility index (Phi) is 4.58. The van der Waals surface area contributed by atoms with E-state index < -0.39 is 0 Å². The van der Waals surface area contributed by atoms with Crippen molar-refractivity contribution in [3.8, 4) is 0 Å². The molecule has 0 nitrogen and oxygen atoms in total. The fourth-order valence-corrected chi connectivity index (χ4v) is 6.03. The molecule has 0 saturated carbocycles. The maximum absolute atomic E-state index is 6.42. The summed E-state index contributed by atoms with van der Waals surface area (Å²) in [6, 6.07) is 4.19. The highest BCUT2D eigenvalue weighted by atomic mass is 127. The van der Waals surface area contributed by atoms with Gasteiger partial charge in [0, 0.05) is 5.56 Å². The van der Waals surface area contributed by atoms with Crippen molar-refractivity contribution in [1.29, 1.82) is 0 Å². The molecule has 1 unspecified atom stereocenters. The predicted octanol–water partition coefficient (Wildman–Crippen LogP) is 6.27. The summed E-state index contributed by atoms with van der Waals surface area (Å²) >= 11 is 19.1. The quantitative estimate of drug-likeness (QED) is 0.339. The molecule has 0 saturated heterocycles. The Balaban J connectivity index is 2.35. The van der Waals surface area contributed by atoms with E-state index in [2.05, 4.69) is 72.0 Å². The van der Waals surface area contributed by atoms with Crippen LogP contribution in [0.15, 0.2) is 25.1 Å². The molecule has 2 aromatic rings. The second kappa shape index (κ2) is 5.35. The fourth-order valence-electron chi connectivity index (χ4n) is 1.16. The van der Waals surface area contributed by atoms with Crippen LogP contribution in [0.2, 0.25) is 0 Å². The van der Waals surface area contributed by atoms with Crippen molar-refractivity contribution in [2.45, 2.75) is 5.38 Å². The molecule has 0 spiro atoms. The van der Waals surface area contributed by atoms with Gasteiger partial charge in [-0.1, -0.05) is 0 Å². The first-order valence-corrected chi connectivity index (χ1v) is 8.70. The van der Waals surface area contributed by atoms with Gasteiger partial charge in [-0.25, -0.2) is 0 Å². The molecule has 0 aliphatic heterocycles. The van der Waals surface area contributed by atoms with Crippen molar-refractivity contribution >= 4 is 88.7 Å². The third kappa shape index (κ3) is 2.98. The van der Waals surface area contributed by atoms with Gasteiger partial charge in [-0.3, -0.25) is 0 Å². The second-order valence-electron chi connectivity index (χ2n) is 2.83. The highest BCUT2D eigenvalue weighted by molar-refractivity contribution is 14.1. The standard InChI is InChI=1S/C9H4Br2ClIS2/c10-6-2-5(9(11)15-6)8(12)4-1-7(13)14-3-4/h1-3,8H. The van der Waals surface area contributed by atoms with E-state index in [-0.39, 0.29) is 5.38 Å². The average molecular weight is 498 g/mol. The van der Waals surface area contributed by atoms with E-state index in [0.717, 1.165) is 18.7 Å². The molecule has 2 rings (SSSR count). The zero-order valence-corrected chi connectivity index (χ0v) is 14.9. The fraction of sp³-hybridized carbons (Fsp3) is 0.111. The predicted molar refractivity (Wildman–Crippen MR) is 84.5 cm³/mol. The van der Waals surface area contributed by atoms with E-state index in [1.165, 1.54) is 2.88 Å². The van der Waals surface area contributed by atoms with Gasteiger partial charge < -0.3 is 0 Å². The molecule has 0 aliphatic rings. The molecule has 6 heteroatoms. The van der Waals surface area contributed by atoms with E-state index in [9.17, 15) is 0 Å². The van der Waals surface area contributed by atoms with Gasteiger partial charge in [-0.05, 0) is 77.5 Å². The lowest BCUT2D eigenvalue weighted by Crippen LogP contribution is -1.88. The first kappa shape index (κ1) is 12.8. The van der Waals surface area contributed by atoms with Crippen LogP contribution in [0.3, 0.4) is 0 Å². The number of rotatable bonds is 2. The van der Waals surface area contributed by atoms with Crippen LogP contribution in [-0.2, 0) is 0 Å². The van der Waals surface area contributed by atoms with Crippen LogP contribution < -0.4 is 0 Å².